The van der Waals surface area contributed by atoms with Crippen molar-refractivity contribution in [3.63, 3.8) is 0 Å². The van der Waals surface area contributed by atoms with E-state index in [0.29, 0.717) is 12.3 Å². The van der Waals surface area contributed by atoms with Gasteiger partial charge < -0.3 is 5.73 Å². The Hall–Kier alpha value is -1.15. The fourth-order valence-corrected chi connectivity index (χ4v) is 2.88. The van der Waals surface area contributed by atoms with Crippen LogP contribution in [-0.4, -0.2) is 11.8 Å². The van der Waals surface area contributed by atoms with Crippen LogP contribution in [0.1, 0.15) is 73.7 Å². The van der Waals surface area contributed by atoms with Gasteiger partial charge in [-0.2, -0.15) is 0 Å². The Kier molecular flexibility index (Phi) is 5.15. The lowest BCUT2D eigenvalue weighted by Crippen LogP contribution is -2.22. The first-order chi connectivity index (χ1) is 9.20. The number of hydrogen-bond donors (Lipinski definition) is 1. The van der Waals surface area contributed by atoms with Crippen molar-refractivity contribution >= 4 is 5.78 Å². The molecule has 0 aromatic heterocycles. The molecular weight excluding hydrogens is 234 g/mol. The molecule has 1 unspecified atom stereocenters. The van der Waals surface area contributed by atoms with Crippen molar-refractivity contribution in [2.24, 2.45) is 5.73 Å². The first kappa shape index (κ1) is 14.3. The molecule has 0 amide bonds. The van der Waals surface area contributed by atoms with Crippen LogP contribution in [-0.2, 0) is 0 Å². The molecule has 0 saturated heterocycles. The largest absolute Gasteiger partial charge is 0.327 e. The van der Waals surface area contributed by atoms with Crippen LogP contribution in [0, 0.1) is 0 Å². The number of carbonyl (C=O) groups excluding carboxylic acids is 1. The van der Waals surface area contributed by atoms with Crippen molar-refractivity contribution in [2.75, 3.05) is 0 Å². The van der Waals surface area contributed by atoms with Gasteiger partial charge in [-0.3, -0.25) is 4.79 Å². The average Bonchev–Trinajstić information content (AvgIpc) is 2.48. The van der Waals surface area contributed by atoms with Crippen LogP contribution < -0.4 is 5.73 Å². The molecular formula is C17H25NO. The third-order valence-electron chi connectivity index (χ3n) is 4.28. The third kappa shape index (κ3) is 3.90. The SMILES string of the molecule is CCC(N)CC(=O)c1ccc(C2CCCCC2)cc1. The Morgan fingerprint density at radius 3 is 2.42 bits per heavy atom. The molecule has 2 rings (SSSR count). The van der Waals surface area contributed by atoms with Crippen molar-refractivity contribution < 1.29 is 4.79 Å². The van der Waals surface area contributed by atoms with Crippen LogP contribution in [0.25, 0.3) is 0 Å². The van der Waals surface area contributed by atoms with Gasteiger partial charge in [-0.05, 0) is 30.7 Å². The van der Waals surface area contributed by atoms with Crippen LogP contribution in [0.4, 0.5) is 0 Å². The van der Waals surface area contributed by atoms with Crippen LogP contribution in [0.15, 0.2) is 24.3 Å². The maximum atomic E-state index is 12.0. The predicted octanol–water partition coefficient (Wildman–Crippen LogP) is 4.04. The number of benzene rings is 1. The van der Waals surface area contributed by atoms with Gasteiger partial charge in [0.25, 0.3) is 0 Å². The summed E-state index contributed by atoms with van der Waals surface area (Å²) in [6.45, 7) is 2.02. The van der Waals surface area contributed by atoms with Crippen molar-refractivity contribution in [3.05, 3.63) is 35.4 Å². The summed E-state index contributed by atoms with van der Waals surface area (Å²) in [6.07, 6.45) is 7.97. The number of hydrogen-bond acceptors (Lipinski definition) is 2. The molecule has 0 heterocycles. The van der Waals surface area contributed by atoms with E-state index >= 15 is 0 Å². The Labute approximate surface area is 116 Å². The van der Waals surface area contributed by atoms with Gasteiger partial charge in [0.05, 0.1) is 0 Å². The van der Waals surface area contributed by atoms with E-state index in [9.17, 15) is 4.79 Å². The Morgan fingerprint density at radius 1 is 1.21 bits per heavy atom. The van der Waals surface area contributed by atoms with E-state index in [0.717, 1.165) is 12.0 Å². The van der Waals surface area contributed by atoms with Gasteiger partial charge in [-0.1, -0.05) is 50.5 Å². The summed E-state index contributed by atoms with van der Waals surface area (Å²) in [6, 6.07) is 8.23. The highest BCUT2D eigenvalue weighted by atomic mass is 16.1. The second kappa shape index (κ2) is 6.85. The molecule has 1 aromatic carbocycles. The van der Waals surface area contributed by atoms with E-state index in [1.54, 1.807) is 0 Å². The van der Waals surface area contributed by atoms with Crippen molar-refractivity contribution in [3.8, 4) is 0 Å². The van der Waals surface area contributed by atoms with Gasteiger partial charge >= 0.3 is 0 Å². The number of nitrogens with two attached hydrogens (primary N) is 1. The summed E-state index contributed by atoms with van der Waals surface area (Å²) in [5.41, 5.74) is 8.05. The zero-order valence-electron chi connectivity index (χ0n) is 11.9. The maximum Gasteiger partial charge on any atom is 0.164 e. The van der Waals surface area contributed by atoms with E-state index in [-0.39, 0.29) is 11.8 Å². The summed E-state index contributed by atoms with van der Waals surface area (Å²) in [5, 5.41) is 0. The van der Waals surface area contributed by atoms with Gasteiger partial charge in [-0.25, -0.2) is 0 Å². The molecule has 0 bridgehead atoms. The van der Waals surface area contributed by atoms with Crippen LogP contribution in [0.2, 0.25) is 0 Å². The van der Waals surface area contributed by atoms with Gasteiger partial charge in [0.2, 0.25) is 0 Å². The van der Waals surface area contributed by atoms with Gasteiger partial charge in [-0.15, -0.1) is 0 Å². The first-order valence-electron chi connectivity index (χ1n) is 7.59. The molecule has 19 heavy (non-hydrogen) atoms. The zero-order valence-corrected chi connectivity index (χ0v) is 11.9. The Bertz CT molecular complexity index is 404. The second-order valence-electron chi connectivity index (χ2n) is 5.75. The quantitative estimate of drug-likeness (QED) is 0.811. The van der Waals surface area contributed by atoms with Crippen LogP contribution in [0.5, 0.6) is 0 Å². The van der Waals surface area contributed by atoms with E-state index in [4.69, 9.17) is 5.73 Å². The minimum atomic E-state index is -0.00878. The molecule has 0 spiro atoms. The molecule has 104 valence electrons. The Morgan fingerprint density at radius 2 is 1.84 bits per heavy atom. The fourth-order valence-electron chi connectivity index (χ4n) is 2.88. The molecule has 0 radical (unpaired) electrons. The highest BCUT2D eigenvalue weighted by Crippen LogP contribution is 2.32. The van der Waals surface area contributed by atoms with Gasteiger partial charge in [0.1, 0.15) is 0 Å². The molecule has 0 aliphatic heterocycles. The molecule has 1 fully saturated rings. The van der Waals surface area contributed by atoms with E-state index in [1.807, 2.05) is 19.1 Å². The van der Waals surface area contributed by atoms with E-state index in [2.05, 4.69) is 12.1 Å². The van der Waals surface area contributed by atoms with E-state index in [1.165, 1.54) is 37.7 Å². The molecule has 2 N–H and O–H groups in total. The van der Waals surface area contributed by atoms with Crippen molar-refractivity contribution in [1.29, 1.82) is 0 Å². The summed E-state index contributed by atoms with van der Waals surface area (Å²) in [7, 11) is 0. The lowest BCUT2D eigenvalue weighted by atomic mass is 9.84. The third-order valence-corrected chi connectivity index (χ3v) is 4.28. The van der Waals surface area contributed by atoms with E-state index < -0.39 is 0 Å². The lowest BCUT2D eigenvalue weighted by Gasteiger charge is -2.22. The lowest BCUT2D eigenvalue weighted by molar-refractivity contribution is 0.0974. The molecule has 2 nitrogen and oxygen atoms in total. The number of ketones is 1. The molecule has 2 heteroatoms. The maximum absolute atomic E-state index is 12.0. The summed E-state index contributed by atoms with van der Waals surface area (Å²) < 4.78 is 0. The second-order valence-corrected chi connectivity index (χ2v) is 5.75. The highest BCUT2D eigenvalue weighted by Gasteiger charge is 2.16. The predicted molar refractivity (Wildman–Crippen MR) is 79.5 cm³/mol. The van der Waals surface area contributed by atoms with Crippen molar-refractivity contribution in [2.45, 2.75) is 63.8 Å². The van der Waals surface area contributed by atoms with Crippen LogP contribution >= 0.6 is 0 Å². The van der Waals surface area contributed by atoms with Crippen LogP contribution in [0.3, 0.4) is 0 Å². The standard InChI is InChI=1S/C17H25NO/c1-2-16(18)12-17(19)15-10-8-14(9-11-15)13-6-4-3-5-7-13/h8-11,13,16H,2-7,12,18H2,1H3. The number of rotatable bonds is 5. The summed E-state index contributed by atoms with van der Waals surface area (Å²) in [5.74, 6) is 0.875. The molecule has 1 aliphatic carbocycles. The molecule has 1 aromatic rings. The molecule has 1 saturated carbocycles. The normalized spacial score (nSPS) is 18.2. The first-order valence-corrected chi connectivity index (χ1v) is 7.59. The fraction of sp³-hybridized carbons (Fsp3) is 0.588. The Balaban J connectivity index is 1.99. The zero-order chi connectivity index (χ0) is 13.7. The van der Waals surface area contributed by atoms with Gasteiger partial charge in [0, 0.05) is 18.0 Å². The molecule has 1 aliphatic rings. The highest BCUT2D eigenvalue weighted by molar-refractivity contribution is 5.96. The monoisotopic (exact) mass is 259 g/mol. The summed E-state index contributed by atoms with van der Waals surface area (Å²) >= 11 is 0. The van der Waals surface area contributed by atoms with Crippen molar-refractivity contribution in [1.82, 2.24) is 0 Å². The number of Topliss-reactive ketones (excluding diaryl/α,β-unsaturated/α-hetero) is 1. The molecule has 1 atom stereocenters. The minimum Gasteiger partial charge on any atom is -0.327 e. The summed E-state index contributed by atoms with van der Waals surface area (Å²) in [4.78, 5) is 12.0. The van der Waals surface area contributed by atoms with Gasteiger partial charge in [0.15, 0.2) is 5.78 Å². The number of carbonyl (C=O) groups is 1. The smallest absolute Gasteiger partial charge is 0.164 e. The topological polar surface area (TPSA) is 43.1 Å². The minimum absolute atomic E-state index is 0.00878. The average molecular weight is 259 g/mol.